The van der Waals surface area contributed by atoms with Gasteiger partial charge in [0.1, 0.15) is 0 Å². The molecule has 0 saturated heterocycles. The van der Waals surface area contributed by atoms with Crippen molar-refractivity contribution in [2.45, 2.75) is 26.4 Å². The molecule has 0 bridgehead atoms. The second-order valence-electron chi connectivity index (χ2n) is 1.81. The van der Waals surface area contributed by atoms with Crippen LogP contribution in [0.15, 0.2) is 12.8 Å². The summed E-state index contributed by atoms with van der Waals surface area (Å²) in [5.74, 6) is 0. The molecular weight excluding hydrogens is 132 g/mol. The highest BCUT2D eigenvalue weighted by molar-refractivity contribution is 4.49. The van der Waals surface area contributed by atoms with Gasteiger partial charge in [0.2, 0.25) is 0 Å². The van der Waals surface area contributed by atoms with Gasteiger partial charge in [-0.05, 0) is 13.8 Å². The number of hydrogen-bond donors (Lipinski definition) is 0. The standard InChI is InChI=1S/C7H14O3/c1-5-9-7(3)10-6(2)8-4/h5-7H,1H2,2-4H3. The van der Waals surface area contributed by atoms with Crippen LogP contribution in [0.4, 0.5) is 0 Å². The van der Waals surface area contributed by atoms with Crippen molar-refractivity contribution in [1.82, 2.24) is 0 Å². The van der Waals surface area contributed by atoms with E-state index in [1.807, 2.05) is 0 Å². The summed E-state index contributed by atoms with van der Waals surface area (Å²) < 4.78 is 14.8. The van der Waals surface area contributed by atoms with Crippen LogP contribution in [0.25, 0.3) is 0 Å². The molecule has 3 nitrogen and oxygen atoms in total. The molecule has 2 unspecified atom stereocenters. The first-order valence-electron chi connectivity index (χ1n) is 3.15. The van der Waals surface area contributed by atoms with Crippen molar-refractivity contribution >= 4 is 0 Å². The van der Waals surface area contributed by atoms with Gasteiger partial charge >= 0.3 is 0 Å². The first-order valence-corrected chi connectivity index (χ1v) is 3.15. The molecule has 0 amide bonds. The van der Waals surface area contributed by atoms with Crippen molar-refractivity contribution in [3.8, 4) is 0 Å². The lowest BCUT2D eigenvalue weighted by Crippen LogP contribution is -2.19. The summed E-state index contributed by atoms with van der Waals surface area (Å²) in [5, 5.41) is 0. The van der Waals surface area contributed by atoms with E-state index in [2.05, 4.69) is 6.58 Å². The highest BCUT2D eigenvalue weighted by Crippen LogP contribution is 1.99. The van der Waals surface area contributed by atoms with Crippen molar-refractivity contribution in [2.24, 2.45) is 0 Å². The first kappa shape index (κ1) is 9.46. The van der Waals surface area contributed by atoms with Gasteiger partial charge in [0.25, 0.3) is 0 Å². The van der Waals surface area contributed by atoms with Crippen LogP contribution in [0.5, 0.6) is 0 Å². The third kappa shape index (κ3) is 4.35. The minimum atomic E-state index is -0.299. The van der Waals surface area contributed by atoms with E-state index in [0.29, 0.717) is 0 Å². The molecule has 0 aliphatic rings. The predicted molar refractivity (Wildman–Crippen MR) is 38.3 cm³/mol. The minimum absolute atomic E-state index is 0.241. The molecule has 0 aromatic heterocycles. The van der Waals surface area contributed by atoms with Gasteiger partial charge in [-0.15, -0.1) is 0 Å². The molecule has 0 aliphatic heterocycles. The molecule has 0 N–H and O–H groups in total. The van der Waals surface area contributed by atoms with Crippen LogP contribution >= 0.6 is 0 Å². The summed E-state index contributed by atoms with van der Waals surface area (Å²) in [6.45, 7) is 6.96. The maximum atomic E-state index is 5.12. The maximum Gasteiger partial charge on any atom is 0.198 e. The third-order valence-electron chi connectivity index (χ3n) is 1.00. The topological polar surface area (TPSA) is 27.7 Å². The van der Waals surface area contributed by atoms with Gasteiger partial charge in [-0.25, -0.2) is 0 Å². The fraction of sp³-hybridized carbons (Fsp3) is 0.714. The van der Waals surface area contributed by atoms with Gasteiger partial charge in [-0.1, -0.05) is 6.58 Å². The number of hydrogen-bond acceptors (Lipinski definition) is 3. The molecule has 0 radical (unpaired) electrons. The van der Waals surface area contributed by atoms with Crippen LogP contribution < -0.4 is 0 Å². The normalized spacial score (nSPS) is 15.9. The van der Waals surface area contributed by atoms with Crippen LogP contribution in [-0.2, 0) is 14.2 Å². The Morgan fingerprint density at radius 2 is 1.90 bits per heavy atom. The molecule has 0 spiro atoms. The molecule has 0 aromatic carbocycles. The largest absolute Gasteiger partial charge is 0.473 e. The highest BCUT2D eigenvalue weighted by atomic mass is 16.8. The van der Waals surface area contributed by atoms with Crippen molar-refractivity contribution in [3.63, 3.8) is 0 Å². The summed E-state index contributed by atoms with van der Waals surface area (Å²) in [5.41, 5.74) is 0. The number of ether oxygens (including phenoxy) is 3. The fourth-order valence-corrected chi connectivity index (χ4v) is 0.493. The Kier molecular flexibility index (Phi) is 4.98. The van der Waals surface area contributed by atoms with Crippen LogP contribution in [0.1, 0.15) is 13.8 Å². The molecule has 0 aromatic rings. The van der Waals surface area contributed by atoms with Crippen LogP contribution in [0.3, 0.4) is 0 Å². The second-order valence-corrected chi connectivity index (χ2v) is 1.81. The molecule has 0 rings (SSSR count). The molecule has 0 heterocycles. The zero-order valence-corrected chi connectivity index (χ0v) is 6.66. The fourth-order valence-electron chi connectivity index (χ4n) is 0.493. The Morgan fingerprint density at radius 1 is 1.30 bits per heavy atom. The molecule has 0 fully saturated rings. The van der Waals surface area contributed by atoms with Crippen molar-refractivity contribution in [3.05, 3.63) is 12.8 Å². The van der Waals surface area contributed by atoms with E-state index in [1.54, 1.807) is 21.0 Å². The molecule has 10 heavy (non-hydrogen) atoms. The van der Waals surface area contributed by atoms with E-state index in [0.717, 1.165) is 0 Å². The van der Waals surface area contributed by atoms with E-state index in [4.69, 9.17) is 14.2 Å². The summed E-state index contributed by atoms with van der Waals surface area (Å²) in [7, 11) is 1.57. The average Bonchev–Trinajstić information content (AvgIpc) is 1.88. The lowest BCUT2D eigenvalue weighted by atomic mass is 10.7. The lowest BCUT2D eigenvalue weighted by molar-refractivity contribution is -0.205. The molecule has 3 heteroatoms. The smallest absolute Gasteiger partial charge is 0.198 e. The van der Waals surface area contributed by atoms with E-state index in [-0.39, 0.29) is 12.6 Å². The van der Waals surface area contributed by atoms with E-state index in [9.17, 15) is 0 Å². The van der Waals surface area contributed by atoms with Crippen LogP contribution in [0.2, 0.25) is 0 Å². The Labute approximate surface area is 61.6 Å². The van der Waals surface area contributed by atoms with E-state index >= 15 is 0 Å². The molecule has 60 valence electrons. The molecule has 0 saturated carbocycles. The number of rotatable bonds is 5. The molecule has 2 atom stereocenters. The lowest BCUT2D eigenvalue weighted by Gasteiger charge is -2.16. The summed E-state index contributed by atoms with van der Waals surface area (Å²) >= 11 is 0. The Morgan fingerprint density at radius 3 is 2.30 bits per heavy atom. The van der Waals surface area contributed by atoms with Crippen molar-refractivity contribution < 1.29 is 14.2 Å². The molecule has 0 aliphatic carbocycles. The summed E-state index contributed by atoms with van der Waals surface area (Å²) in [4.78, 5) is 0. The minimum Gasteiger partial charge on any atom is -0.473 e. The zero-order valence-electron chi connectivity index (χ0n) is 6.66. The Balaban J connectivity index is 3.35. The van der Waals surface area contributed by atoms with Crippen molar-refractivity contribution in [2.75, 3.05) is 7.11 Å². The van der Waals surface area contributed by atoms with E-state index in [1.165, 1.54) is 6.26 Å². The quantitative estimate of drug-likeness (QED) is 0.434. The van der Waals surface area contributed by atoms with Crippen molar-refractivity contribution in [1.29, 1.82) is 0 Å². The van der Waals surface area contributed by atoms with Gasteiger partial charge in [0, 0.05) is 7.11 Å². The third-order valence-corrected chi connectivity index (χ3v) is 1.00. The number of methoxy groups -OCH3 is 1. The van der Waals surface area contributed by atoms with Crippen LogP contribution in [0, 0.1) is 0 Å². The highest BCUT2D eigenvalue weighted by Gasteiger charge is 2.04. The first-order chi connectivity index (χ1) is 4.70. The maximum absolute atomic E-state index is 5.12. The predicted octanol–water partition coefficient (Wildman–Crippen LogP) is 1.50. The molecular formula is C7H14O3. The van der Waals surface area contributed by atoms with Gasteiger partial charge < -0.3 is 14.2 Å². The van der Waals surface area contributed by atoms with Crippen LogP contribution in [-0.4, -0.2) is 19.7 Å². The van der Waals surface area contributed by atoms with E-state index < -0.39 is 0 Å². The van der Waals surface area contributed by atoms with Gasteiger partial charge in [0.15, 0.2) is 12.6 Å². The zero-order chi connectivity index (χ0) is 7.98. The van der Waals surface area contributed by atoms with Gasteiger partial charge in [-0.3, -0.25) is 0 Å². The summed E-state index contributed by atoms with van der Waals surface area (Å²) in [6.07, 6.45) is 0.801. The monoisotopic (exact) mass is 146 g/mol. The SMILES string of the molecule is C=COC(C)OC(C)OC. The second kappa shape index (κ2) is 5.26. The van der Waals surface area contributed by atoms with Gasteiger partial charge in [0.05, 0.1) is 6.26 Å². The Bertz CT molecular complexity index is 92.9. The van der Waals surface area contributed by atoms with Gasteiger partial charge in [-0.2, -0.15) is 0 Å². The summed E-state index contributed by atoms with van der Waals surface area (Å²) in [6, 6.07) is 0. The average molecular weight is 146 g/mol. The Hall–Kier alpha value is -0.540.